The van der Waals surface area contributed by atoms with Gasteiger partial charge in [0, 0.05) is 0 Å². The highest BCUT2D eigenvalue weighted by molar-refractivity contribution is 4.87. The van der Waals surface area contributed by atoms with Gasteiger partial charge in [0.25, 0.3) is 0 Å². The molecule has 0 nitrogen and oxygen atoms in total. The van der Waals surface area contributed by atoms with Gasteiger partial charge in [-0.3, -0.25) is 0 Å². The highest BCUT2D eigenvalue weighted by atomic mass is 14.2. The molecule has 0 aromatic rings. The van der Waals surface area contributed by atoms with Crippen LogP contribution in [0, 0.1) is 11.8 Å². The summed E-state index contributed by atoms with van der Waals surface area (Å²) in [5, 5.41) is 0. The molecule has 0 aliphatic heterocycles. The van der Waals surface area contributed by atoms with Crippen molar-refractivity contribution in [1.82, 2.24) is 0 Å². The van der Waals surface area contributed by atoms with Gasteiger partial charge in [-0.15, -0.1) is 0 Å². The van der Waals surface area contributed by atoms with Crippen molar-refractivity contribution in [3.63, 3.8) is 0 Å². The fourth-order valence-electron chi connectivity index (χ4n) is 3.42. The molecule has 0 aromatic carbocycles. The molecule has 0 unspecified atom stereocenters. The van der Waals surface area contributed by atoms with E-state index >= 15 is 0 Å². The Kier molecular flexibility index (Phi) is 5.45. The molecule has 0 atom stereocenters. The molecule has 0 N–H and O–H groups in total. The molecule has 0 heteroatoms. The minimum Gasteiger partial charge on any atom is -0.0883 e. The Morgan fingerprint density at radius 3 is 1.31 bits per heavy atom. The molecule has 2 rings (SSSR count). The Labute approximate surface area is 102 Å². The van der Waals surface area contributed by atoms with Gasteiger partial charge >= 0.3 is 0 Å². The lowest BCUT2D eigenvalue weighted by Crippen LogP contribution is -2.05. The molecule has 16 heavy (non-hydrogen) atoms. The van der Waals surface area contributed by atoms with Crippen LogP contribution in [0.2, 0.25) is 0 Å². The Morgan fingerprint density at radius 1 is 0.562 bits per heavy atom. The van der Waals surface area contributed by atoms with Crippen molar-refractivity contribution >= 4 is 0 Å². The van der Waals surface area contributed by atoms with Crippen LogP contribution in [0.4, 0.5) is 0 Å². The average molecular weight is 220 g/mol. The van der Waals surface area contributed by atoms with Crippen LogP contribution in [0.15, 0.2) is 12.2 Å². The summed E-state index contributed by atoms with van der Waals surface area (Å²) >= 11 is 0. The van der Waals surface area contributed by atoms with Gasteiger partial charge in [0.1, 0.15) is 0 Å². The summed E-state index contributed by atoms with van der Waals surface area (Å²) in [5.41, 5.74) is 0. The van der Waals surface area contributed by atoms with Crippen LogP contribution in [0.5, 0.6) is 0 Å². The molecule has 92 valence electrons. The van der Waals surface area contributed by atoms with Crippen LogP contribution < -0.4 is 0 Å². The van der Waals surface area contributed by atoms with E-state index in [9.17, 15) is 0 Å². The van der Waals surface area contributed by atoms with Gasteiger partial charge in [0.2, 0.25) is 0 Å². The second kappa shape index (κ2) is 7.14. The van der Waals surface area contributed by atoms with Gasteiger partial charge in [-0.05, 0) is 24.7 Å². The molecular weight excluding hydrogens is 192 g/mol. The summed E-state index contributed by atoms with van der Waals surface area (Å²) in [6.45, 7) is 0. The topological polar surface area (TPSA) is 0 Å². The SMILES string of the molecule is C(=C/CC1CCCCC1)/CC1CCCCC1. The van der Waals surface area contributed by atoms with E-state index in [0.717, 1.165) is 11.8 Å². The predicted octanol–water partition coefficient (Wildman–Crippen LogP) is 5.48. The van der Waals surface area contributed by atoms with Gasteiger partial charge in [-0.25, -0.2) is 0 Å². The molecule has 2 saturated carbocycles. The molecule has 2 aliphatic carbocycles. The summed E-state index contributed by atoms with van der Waals surface area (Å²) in [6, 6.07) is 0. The van der Waals surface area contributed by atoms with Crippen molar-refractivity contribution in [3.05, 3.63) is 12.2 Å². The van der Waals surface area contributed by atoms with Crippen LogP contribution in [0.25, 0.3) is 0 Å². The van der Waals surface area contributed by atoms with Crippen molar-refractivity contribution < 1.29 is 0 Å². The summed E-state index contributed by atoms with van der Waals surface area (Å²) in [4.78, 5) is 0. The molecule has 0 radical (unpaired) electrons. The van der Waals surface area contributed by atoms with E-state index in [1.54, 1.807) is 0 Å². The maximum absolute atomic E-state index is 2.49. The van der Waals surface area contributed by atoms with E-state index in [1.807, 2.05) is 0 Å². The van der Waals surface area contributed by atoms with Crippen molar-refractivity contribution in [2.24, 2.45) is 11.8 Å². The van der Waals surface area contributed by atoms with Crippen molar-refractivity contribution in [2.45, 2.75) is 77.0 Å². The normalized spacial score (nSPS) is 25.2. The fraction of sp³-hybridized carbons (Fsp3) is 0.875. The van der Waals surface area contributed by atoms with E-state index in [-0.39, 0.29) is 0 Å². The zero-order valence-corrected chi connectivity index (χ0v) is 10.8. The number of allylic oxidation sites excluding steroid dienone is 2. The zero-order chi connectivity index (χ0) is 11.1. The number of hydrogen-bond acceptors (Lipinski definition) is 0. The molecular formula is C16H28. The molecule has 2 aliphatic rings. The van der Waals surface area contributed by atoms with Gasteiger partial charge < -0.3 is 0 Å². The first-order valence-electron chi connectivity index (χ1n) is 7.60. The lowest BCUT2D eigenvalue weighted by atomic mass is 9.85. The largest absolute Gasteiger partial charge is 0.0883 e. The van der Waals surface area contributed by atoms with Crippen LogP contribution in [-0.4, -0.2) is 0 Å². The minimum absolute atomic E-state index is 1.02. The average Bonchev–Trinajstić information content (AvgIpc) is 2.37. The van der Waals surface area contributed by atoms with Crippen molar-refractivity contribution in [1.29, 1.82) is 0 Å². The Bertz CT molecular complexity index is 170. The first-order valence-corrected chi connectivity index (χ1v) is 7.60. The van der Waals surface area contributed by atoms with E-state index in [1.165, 1.54) is 77.0 Å². The van der Waals surface area contributed by atoms with Crippen LogP contribution in [0.1, 0.15) is 77.0 Å². The van der Waals surface area contributed by atoms with Gasteiger partial charge in [-0.2, -0.15) is 0 Å². The third-order valence-corrected chi connectivity index (χ3v) is 4.55. The first-order chi connectivity index (χ1) is 7.95. The molecule has 0 spiro atoms. The van der Waals surface area contributed by atoms with Gasteiger partial charge in [-0.1, -0.05) is 76.4 Å². The maximum Gasteiger partial charge on any atom is -0.0322 e. The summed E-state index contributed by atoms with van der Waals surface area (Å²) in [6.07, 6.45) is 22.6. The second-order valence-electron chi connectivity index (χ2n) is 5.95. The summed E-state index contributed by atoms with van der Waals surface area (Å²) in [5.74, 6) is 2.05. The van der Waals surface area contributed by atoms with Crippen molar-refractivity contribution in [3.8, 4) is 0 Å². The Morgan fingerprint density at radius 2 is 0.938 bits per heavy atom. The van der Waals surface area contributed by atoms with E-state index in [0.29, 0.717) is 0 Å². The monoisotopic (exact) mass is 220 g/mol. The van der Waals surface area contributed by atoms with Crippen LogP contribution in [-0.2, 0) is 0 Å². The lowest BCUT2D eigenvalue weighted by molar-refractivity contribution is 0.355. The van der Waals surface area contributed by atoms with Crippen LogP contribution in [0.3, 0.4) is 0 Å². The molecule has 0 bridgehead atoms. The highest BCUT2D eigenvalue weighted by Crippen LogP contribution is 2.28. The molecule has 0 saturated heterocycles. The predicted molar refractivity (Wildman–Crippen MR) is 71.5 cm³/mol. The molecule has 0 amide bonds. The quantitative estimate of drug-likeness (QED) is 0.550. The fourth-order valence-corrected chi connectivity index (χ4v) is 3.42. The smallest absolute Gasteiger partial charge is 0.0322 e. The lowest BCUT2D eigenvalue weighted by Gasteiger charge is -2.21. The summed E-state index contributed by atoms with van der Waals surface area (Å²) < 4.78 is 0. The van der Waals surface area contributed by atoms with Crippen LogP contribution >= 0.6 is 0 Å². The third kappa shape index (κ3) is 4.31. The number of rotatable bonds is 4. The first kappa shape index (κ1) is 12.2. The summed E-state index contributed by atoms with van der Waals surface area (Å²) in [7, 11) is 0. The zero-order valence-electron chi connectivity index (χ0n) is 10.8. The minimum atomic E-state index is 1.02. The molecule has 2 fully saturated rings. The Balaban J connectivity index is 1.57. The number of hydrogen-bond donors (Lipinski definition) is 0. The van der Waals surface area contributed by atoms with Gasteiger partial charge in [0.15, 0.2) is 0 Å². The maximum atomic E-state index is 2.49. The van der Waals surface area contributed by atoms with Gasteiger partial charge in [0.05, 0.1) is 0 Å². The third-order valence-electron chi connectivity index (χ3n) is 4.55. The van der Waals surface area contributed by atoms with E-state index in [2.05, 4.69) is 12.2 Å². The standard InChI is InChI=1S/C16H28/c1-3-9-15(10-4-1)13-7-8-14-16-11-5-2-6-12-16/h7-8,15-16H,1-6,9-14H2/b8-7-. The molecule has 0 heterocycles. The van der Waals surface area contributed by atoms with E-state index < -0.39 is 0 Å². The van der Waals surface area contributed by atoms with E-state index in [4.69, 9.17) is 0 Å². The second-order valence-corrected chi connectivity index (χ2v) is 5.95. The highest BCUT2D eigenvalue weighted by Gasteiger charge is 2.12. The molecule has 0 aromatic heterocycles. The van der Waals surface area contributed by atoms with Crippen molar-refractivity contribution in [2.75, 3.05) is 0 Å². The Hall–Kier alpha value is -0.260.